The molecule has 1 amide bonds. The topological polar surface area (TPSA) is 32.3 Å². The number of aryl methyl sites for hydroxylation is 3. The largest absolute Gasteiger partial charge is 0.345 e. The van der Waals surface area contributed by atoms with Crippen LogP contribution in [0.4, 0.5) is 0 Å². The van der Waals surface area contributed by atoms with Crippen LogP contribution >= 0.6 is 0 Å². The molecule has 4 rings (SSSR count). The van der Waals surface area contributed by atoms with Gasteiger partial charge in [0.05, 0.1) is 6.04 Å². The van der Waals surface area contributed by atoms with Crippen LogP contribution in [0.5, 0.6) is 0 Å². The first kappa shape index (κ1) is 23.3. The Morgan fingerprint density at radius 1 is 0.848 bits per heavy atom. The van der Waals surface area contributed by atoms with Gasteiger partial charge in [0.1, 0.15) is 0 Å². The summed E-state index contributed by atoms with van der Waals surface area (Å²) in [5, 5.41) is 3.38. The van der Waals surface area contributed by atoms with E-state index in [9.17, 15) is 4.79 Å². The van der Waals surface area contributed by atoms with Crippen molar-refractivity contribution in [3.63, 3.8) is 0 Å². The Bertz CT molecular complexity index is 958. The van der Waals surface area contributed by atoms with Gasteiger partial charge in [0.2, 0.25) is 5.91 Å². The standard InChI is InChI=1S/C30H36N2O/c1-23-10-14-26(15-11-23)29(27-16-12-24(2)13-17-27)31-30(33)28-18-21-32(22-19-28)20-6-9-25-7-4-3-5-8-25/h3-5,7-8,10-17,28-29H,6,9,18-22H2,1-2H3,(H,31,33). The molecule has 33 heavy (non-hydrogen) atoms. The quantitative estimate of drug-likeness (QED) is 0.476. The lowest BCUT2D eigenvalue weighted by molar-refractivity contribution is -0.127. The van der Waals surface area contributed by atoms with Crippen LogP contribution in [-0.2, 0) is 11.2 Å². The maximum absolute atomic E-state index is 13.3. The van der Waals surface area contributed by atoms with Gasteiger partial charge in [0.15, 0.2) is 0 Å². The van der Waals surface area contributed by atoms with Crippen molar-refractivity contribution >= 4 is 5.91 Å². The predicted molar refractivity (Wildman–Crippen MR) is 136 cm³/mol. The third-order valence-corrected chi connectivity index (χ3v) is 6.85. The second-order valence-corrected chi connectivity index (χ2v) is 9.47. The maximum atomic E-state index is 13.3. The summed E-state index contributed by atoms with van der Waals surface area (Å²) in [5.74, 6) is 0.277. The summed E-state index contributed by atoms with van der Waals surface area (Å²) in [6.45, 7) is 7.31. The zero-order valence-corrected chi connectivity index (χ0v) is 20.0. The highest BCUT2D eigenvalue weighted by Gasteiger charge is 2.27. The van der Waals surface area contributed by atoms with E-state index in [-0.39, 0.29) is 17.9 Å². The van der Waals surface area contributed by atoms with Crippen molar-refractivity contribution in [3.8, 4) is 0 Å². The van der Waals surface area contributed by atoms with Gasteiger partial charge >= 0.3 is 0 Å². The molecule has 0 unspecified atom stereocenters. The van der Waals surface area contributed by atoms with E-state index in [1.165, 1.54) is 23.1 Å². The van der Waals surface area contributed by atoms with Crippen LogP contribution in [0.2, 0.25) is 0 Å². The fourth-order valence-electron chi connectivity index (χ4n) is 4.71. The Morgan fingerprint density at radius 2 is 1.39 bits per heavy atom. The molecular formula is C30H36N2O. The molecule has 0 aliphatic carbocycles. The van der Waals surface area contributed by atoms with E-state index in [2.05, 4.69) is 103 Å². The first-order valence-corrected chi connectivity index (χ1v) is 12.3. The van der Waals surface area contributed by atoms with Crippen LogP contribution in [-0.4, -0.2) is 30.4 Å². The average molecular weight is 441 g/mol. The van der Waals surface area contributed by atoms with Gasteiger partial charge in [-0.25, -0.2) is 0 Å². The zero-order valence-electron chi connectivity index (χ0n) is 20.0. The highest BCUT2D eigenvalue weighted by molar-refractivity contribution is 5.79. The van der Waals surface area contributed by atoms with Crippen LogP contribution in [0.1, 0.15) is 53.1 Å². The molecule has 0 saturated carbocycles. The number of nitrogens with zero attached hydrogens (tertiary/aromatic N) is 1. The van der Waals surface area contributed by atoms with E-state index in [1.54, 1.807) is 0 Å². The third kappa shape index (κ3) is 6.55. The normalized spacial score (nSPS) is 15.0. The summed E-state index contributed by atoms with van der Waals surface area (Å²) in [5.41, 5.74) is 6.14. The summed E-state index contributed by atoms with van der Waals surface area (Å²) >= 11 is 0. The molecule has 3 aromatic rings. The molecule has 0 spiro atoms. The molecule has 0 radical (unpaired) electrons. The van der Waals surface area contributed by atoms with Crippen molar-refractivity contribution in [1.82, 2.24) is 10.2 Å². The Kier molecular flexibility index (Phi) is 7.96. The van der Waals surface area contributed by atoms with Gasteiger partial charge in [-0.05, 0) is 75.9 Å². The fourth-order valence-corrected chi connectivity index (χ4v) is 4.71. The van der Waals surface area contributed by atoms with Gasteiger partial charge in [-0.3, -0.25) is 4.79 Å². The molecule has 1 saturated heterocycles. The molecule has 0 aromatic heterocycles. The number of nitrogens with one attached hydrogen (secondary N) is 1. The van der Waals surface area contributed by atoms with Crippen LogP contribution in [0.3, 0.4) is 0 Å². The molecule has 3 aromatic carbocycles. The van der Waals surface area contributed by atoms with E-state index in [0.29, 0.717) is 0 Å². The zero-order chi connectivity index (χ0) is 23.0. The van der Waals surface area contributed by atoms with Crippen molar-refractivity contribution in [2.75, 3.05) is 19.6 Å². The number of rotatable bonds is 8. The van der Waals surface area contributed by atoms with E-state index in [0.717, 1.165) is 50.0 Å². The van der Waals surface area contributed by atoms with Gasteiger partial charge in [-0.2, -0.15) is 0 Å². The van der Waals surface area contributed by atoms with Crippen LogP contribution in [0, 0.1) is 19.8 Å². The van der Waals surface area contributed by atoms with Crippen LogP contribution < -0.4 is 5.32 Å². The molecule has 0 bridgehead atoms. The maximum Gasteiger partial charge on any atom is 0.223 e. The average Bonchev–Trinajstić information content (AvgIpc) is 2.85. The van der Waals surface area contributed by atoms with Crippen molar-refractivity contribution in [2.24, 2.45) is 5.92 Å². The Labute approximate surface area is 198 Å². The smallest absolute Gasteiger partial charge is 0.223 e. The second-order valence-electron chi connectivity index (χ2n) is 9.47. The van der Waals surface area contributed by atoms with Gasteiger partial charge < -0.3 is 10.2 Å². The molecule has 1 fully saturated rings. The van der Waals surface area contributed by atoms with Crippen molar-refractivity contribution < 1.29 is 4.79 Å². The lowest BCUT2D eigenvalue weighted by Crippen LogP contribution is -2.42. The Hall–Kier alpha value is -2.91. The number of amides is 1. The number of hydrogen-bond acceptors (Lipinski definition) is 2. The third-order valence-electron chi connectivity index (χ3n) is 6.85. The van der Waals surface area contributed by atoms with Gasteiger partial charge in [-0.15, -0.1) is 0 Å². The molecular weight excluding hydrogens is 404 g/mol. The van der Waals surface area contributed by atoms with Gasteiger partial charge in [0.25, 0.3) is 0 Å². The highest BCUT2D eigenvalue weighted by Crippen LogP contribution is 2.25. The minimum atomic E-state index is -0.109. The first-order chi connectivity index (χ1) is 16.1. The highest BCUT2D eigenvalue weighted by atomic mass is 16.1. The SMILES string of the molecule is Cc1ccc(C(NC(=O)C2CCN(CCCc3ccccc3)CC2)c2ccc(C)cc2)cc1. The molecule has 172 valence electrons. The number of carbonyl (C=O) groups is 1. The lowest BCUT2D eigenvalue weighted by atomic mass is 9.92. The first-order valence-electron chi connectivity index (χ1n) is 12.3. The number of piperidine rings is 1. The van der Waals surface area contributed by atoms with Crippen molar-refractivity contribution in [2.45, 2.75) is 45.6 Å². The molecule has 1 N–H and O–H groups in total. The second kappa shape index (κ2) is 11.3. The van der Waals surface area contributed by atoms with Crippen molar-refractivity contribution in [3.05, 3.63) is 107 Å². The van der Waals surface area contributed by atoms with Gasteiger partial charge in [-0.1, -0.05) is 90.0 Å². The molecule has 3 heteroatoms. The Balaban J connectivity index is 1.32. The number of likely N-dealkylation sites (tertiary alicyclic amines) is 1. The lowest BCUT2D eigenvalue weighted by Gasteiger charge is -2.32. The molecule has 1 aliphatic rings. The molecule has 1 heterocycles. The van der Waals surface area contributed by atoms with E-state index in [1.807, 2.05) is 0 Å². The minimum absolute atomic E-state index is 0.0915. The summed E-state index contributed by atoms with van der Waals surface area (Å²) in [6.07, 6.45) is 4.16. The minimum Gasteiger partial charge on any atom is -0.345 e. The molecule has 1 aliphatic heterocycles. The Morgan fingerprint density at radius 3 is 1.94 bits per heavy atom. The molecule has 3 nitrogen and oxygen atoms in total. The number of carbonyl (C=O) groups excluding carboxylic acids is 1. The number of benzene rings is 3. The van der Waals surface area contributed by atoms with E-state index in [4.69, 9.17) is 0 Å². The fraction of sp³-hybridized carbons (Fsp3) is 0.367. The molecule has 0 atom stereocenters. The van der Waals surface area contributed by atoms with Gasteiger partial charge in [0, 0.05) is 5.92 Å². The van der Waals surface area contributed by atoms with Crippen LogP contribution in [0.25, 0.3) is 0 Å². The van der Waals surface area contributed by atoms with Crippen LogP contribution in [0.15, 0.2) is 78.9 Å². The predicted octanol–water partition coefficient (Wildman–Crippen LogP) is 5.85. The number of hydrogen-bond donors (Lipinski definition) is 1. The summed E-state index contributed by atoms with van der Waals surface area (Å²) in [7, 11) is 0. The van der Waals surface area contributed by atoms with E-state index < -0.39 is 0 Å². The summed E-state index contributed by atoms with van der Waals surface area (Å²) < 4.78 is 0. The summed E-state index contributed by atoms with van der Waals surface area (Å²) in [6, 6.07) is 27.6. The summed E-state index contributed by atoms with van der Waals surface area (Å²) in [4.78, 5) is 15.8. The van der Waals surface area contributed by atoms with Crippen molar-refractivity contribution in [1.29, 1.82) is 0 Å². The van der Waals surface area contributed by atoms with E-state index >= 15 is 0 Å². The monoisotopic (exact) mass is 440 g/mol.